The molecule has 0 unspecified atom stereocenters. The highest BCUT2D eigenvalue weighted by atomic mass is 16.5. The number of rotatable bonds is 3. The Bertz CT molecular complexity index is 446. The summed E-state index contributed by atoms with van der Waals surface area (Å²) in [4.78, 5) is 4.47. The van der Waals surface area contributed by atoms with Crippen molar-refractivity contribution in [1.82, 2.24) is 5.32 Å². The van der Waals surface area contributed by atoms with Gasteiger partial charge in [0.2, 0.25) is 11.8 Å². The third-order valence-electron chi connectivity index (χ3n) is 3.52. The molecule has 2 aliphatic heterocycles. The van der Waals surface area contributed by atoms with Gasteiger partial charge in [-0.1, -0.05) is 27.7 Å². The van der Waals surface area contributed by atoms with Crippen LogP contribution in [0.25, 0.3) is 0 Å². The van der Waals surface area contributed by atoms with Crippen molar-refractivity contribution in [1.29, 1.82) is 5.26 Å². The third-order valence-corrected chi connectivity index (χ3v) is 3.52. The largest absolute Gasteiger partial charge is 0.476 e. The molecule has 2 aliphatic rings. The molecule has 1 saturated heterocycles. The van der Waals surface area contributed by atoms with Crippen LogP contribution in [0.5, 0.6) is 0 Å². The minimum absolute atomic E-state index is 0.126. The molecule has 1 N–H and O–H groups in total. The highest BCUT2D eigenvalue weighted by Crippen LogP contribution is 2.22. The van der Waals surface area contributed by atoms with E-state index in [0.29, 0.717) is 42.4 Å². The van der Waals surface area contributed by atoms with Gasteiger partial charge in [-0.3, -0.25) is 0 Å². The SMILES string of the molecule is CC(C)[C@H]1COC(/C(C#N)=C2/N[C@@H](C(C)C)CO2)=N1. The predicted molar refractivity (Wildman–Crippen MR) is 72.4 cm³/mol. The topological polar surface area (TPSA) is 66.6 Å². The van der Waals surface area contributed by atoms with E-state index in [9.17, 15) is 5.26 Å². The maximum absolute atomic E-state index is 9.31. The molecule has 5 heteroatoms. The summed E-state index contributed by atoms with van der Waals surface area (Å²) in [6, 6.07) is 2.50. The summed E-state index contributed by atoms with van der Waals surface area (Å²) in [7, 11) is 0. The summed E-state index contributed by atoms with van der Waals surface area (Å²) < 4.78 is 11.1. The van der Waals surface area contributed by atoms with E-state index in [1.807, 2.05) is 0 Å². The Hall–Kier alpha value is -1.70. The van der Waals surface area contributed by atoms with Crippen LogP contribution in [0.2, 0.25) is 0 Å². The molecule has 0 aromatic carbocycles. The molecule has 2 rings (SSSR count). The van der Waals surface area contributed by atoms with E-state index >= 15 is 0 Å². The van der Waals surface area contributed by atoms with E-state index in [0.717, 1.165) is 0 Å². The van der Waals surface area contributed by atoms with Crippen molar-refractivity contribution in [2.45, 2.75) is 39.8 Å². The van der Waals surface area contributed by atoms with Crippen LogP contribution in [0.3, 0.4) is 0 Å². The summed E-state index contributed by atoms with van der Waals surface area (Å²) in [5.41, 5.74) is 0.381. The van der Waals surface area contributed by atoms with Crippen molar-refractivity contribution in [2.24, 2.45) is 16.8 Å². The third kappa shape index (κ3) is 2.83. The molecule has 0 aromatic heterocycles. The van der Waals surface area contributed by atoms with Gasteiger partial charge in [0, 0.05) is 0 Å². The Morgan fingerprint density at radius 2 is 2.00 bits per heavy atom. The summed E-state index contributed by atoms with van der Waals surface area (Å²) in [6.07, 6.45) is 0. The molecule has 5 nitrogen and oxygen atoms in total. The van der Waals surface area contributed by atoms with Gasteiger partial charge < -0.3 is 14.8 Å². The quantitative estimate of drug-likeness (QED) is 0.789. The normalized spacial score (nSPS) is 28.6. The van der Waals surface area contributed by atoms with E-state index in [1.54, 1.807) is 0 Å². The number of ether oxygens (including phenoxy) is 2. The van der Waals surface area contributed by atoms with Crippen LogP contribution in [0.4, 0.5) is 0 Å². The van der Waals surface area contributed by atoms with E-state index < -0.39 is 0 Å². The minimum Gasteiger partial charge on any atom is -0.476 e. The first kappa shape index (κ1) is 13.7. The summed E-state index contributed by atoms with van der Waals surface area (Å²) in [6.45, 7) is 9.55. The zero-order valence-corrected chi connectivity index (χ0v) is 11.9. The van der Waals surface area contributed by atoms with Gasteiger partial charge in [-0.2, -0.15) is 5.26 Å². The zero-order valence-electron chi connectivity index (χ0n) is 11.9. The van der Waals surface area contributed by atoms with Gasteiger partial charge in [0.1, 0.15) is 19.3 Å². The molecule has 0 spiro atoms. The smallest absolute Gasteiger partial charge is 0.233 e. The lowest BCUT2D eigenvalue weighted by atomic mass is 10.1. The van der Waals surface area contributed by atoms with Gasteiger partial charge in [0.05, 0.1) is 12.1 Å². The monoisotopic (exact) mass is 263 g/mol. The van der Waals surface area contributed by atoms with E-state index in [-0.39, 0.29) is 12.1 Å². The first-order valence-electron chi connectivity index (χ1n) is 6.77. The molecule has 19 heavy (non-hydrogen) atoms. The lowest BCUT2D eigenvalue weighted by Gasteiger charge is -2.11. The van der Waals surface area contributed by atoms with Crippen molar-refractivity contribution in [3.05, 3.63) is 11.5 Å². The summed E-state index contributed by atoms with van der Waals surface area (Å²) >= 11 is 0. The molecule has 0 radical (unpaired) electrons. The Balaban J connectivity index is 2.18. The molecular weight excluding hydrogens is 242 g/mol. The standard InChI is InChI=1S/C14H21N3O2/c1-8(2)11-6-18-13(16-11)10(5-15)14-17-12(7-19-14)9(3)4/h8-9,11-12,16H,6-7H2,1-4H3/b13-10-/t11-,12-/m1/s1. The second kappa shape index (κ2) is 5.52. The van der Waals surface area contributed by atoms with Gasteiger partial charge in [-0.25, -0.2) is 4.99 Å². The second-order valence-electron chi connectivity index (χ2n) is 5.68. The fourth-order valence-electron chi connectivity index (χ4n) is 1.99. The molecule has 0 aliphatic carbocycles. The second-order valence-corrected chi connectivity index (χ2v) is 5.68. The number of aliphatic imine (C=N–C) groups is 1. The number of hydrogen-bond donors (Lipinski definition) is 1. The van der Waals surface area contributed by atoms with Gasteiger partial charge in [-0.15, -0.1) is 0 Å². The van der Waals surface area contributed by atoms with Crippen LogP contribution in [0.1, 0.15) is 27.7 Å². The molecular formula is C14H21N3O2. The maximum Gasteiger partial charge on any atom is 0.233 e. The Morgan fingerprint density at radius 3 is 2.47 bits per heavy atom. The minimum atomic E-state index is 0.126. The lowest BCUT2D eigenvalue weighted by Crippen LogP contribution is -2.29. The predicted octanol–water partition coefficient (Wildman–Crippen LogP) is 1.82. The molecule has 0 bridgehead atoms. The van der Waals surface area contributed by atoms with Gasteiger partial charge in [0.25, 0.3) is 0 Å². The van der Waals surface area contributed by atoms with E-state index in [1.165, 1.54) is 0 Å². The van der Waals surface area contributed by atoms with Crippen LogP contribution < -0.4 is 5.32 Å². The van der Waals surface area contributed by atoms with Crippen molar-refractivity contribution in [3.8, 4) is 6.07 Å². The number of nitrogens with one attached hydrogen (secondary N) is 1. The first-order chi connectivity index (χ1) is 9.02. The Labute approximate surface area is 114 Å². The molecule has 1 fully saturated rings. The van der Waals surface area contributed by atoms with Gasteiger partial charge >= 0.3 is 0 Å². The van der Waals surface area contributed by atoms with Crippen LogP contribution >= 0.6 is 0 Å². The average Bonchev–Trinajstić information content (AvgIpc) is 2.98. The average molecular weight is 263 g/mol. The fraction of sp³-hybridized carbons (Fsp3) is 0.714. The highest BCUT2D eigenvalue weighted by molar-refractivity contribution is 5.98. The number of hydrogen-bond acceptors (Lipinski definition) is 5. The molecule has 0 saturated carbocycles. The van der Waals surface area contributed by atoms with Crippen LogP contribution in [-0.4, -0.2) is 31.2 Å². The summed E-state index contributed by atoms with van der Waals surface area (Å²) in [5, 5.41) is 12.5. The van der Waals surface area contributed by atoms with Crippen molar-refractivity contribution in [3.63, 3.8) is 0 Å². The first-order valence-corrected chi connectivity index (χ1v) is 6.77. The van der Waals surface area contributed by atoms with Gasteiger partial charge in [0.15, 0.2) is 5.57 Å². The van der Waals surface area contributed by atoms with Crippen molar-refractivity contribution in [2.75, 3.05) is 13.2 Å². The number of nitriles is 1. The lowest BCUT2D eigenvalue weighted by molar-refractivity contribution is 0.241. The maximum atomic E-state index is 9.31. The fourth-order valence-corrected chi connectivity index (χ4v) is 1.99. The van der Waals surface area contributed by atoms with Crippen LogP contribution in [0.15, 0.2) is 16.4 Å². The van der Waals surface area contributed by atoms with Crippen molar-refractivity contribution < 1.29 is 9.47 Å². The number of nitrogens with zero attached hydrogens (tertiary/aromatic N) is 2. The van der Waals surface area contributed by atoms with E-state index in [4.69, 9.17) is 9.47 Å². The summed E-state index contributed by atoms with van der Waals surface area (Å²) in [5.74, 6) is 1.77. The highest BCUT2D eigenvalue weighted by Gasteiger charge is 2.31. The Kier molecular flexibility index (Phi) is 3.98. The van der Waals surface area contributed by atoms with Crippen LogP contribution in [-0.2, 0) is 9.47 Å². The zero-order chi connectivity index (χ0) is 14.0. The van der Waals surface area contributed by atoms with Crippen LogP contribution in [0, 0.1) is 23.2 Å². The molecule has 0 amide bonds. The molecule has 2 heterocycles. The van der Waals surface area contributed by atoms with E-state index in [2.05, 4.69) is 44.1 Å². The van der Waals surface area contributed by atoms with Gasteiger partial charge in [-0.05, 0) is 11.8 Å². The molecule has 0 aromatic rings. The van der Waals surface area contributed by atoms with Crippen molar-refractivity contribution >= 4 is 5.90 Å². The molecule has 104 valence electrons. The Morgan fingerprint density at radius 1 is 1.26 bits per heavy atom. The molecule has 2 atom stereocenters.